The van der Waals surface area contributed by atoms with E-state index in [-0.39, 0.29) is 5.75 Å². The van der Waals surface area contributed by atoms with Gasteiger partial charge in [-0.2, -0.15) is 0 Å². The molecule has 3 heteroatoms. The number of hydrogen-bond acceptors (Lipinski definition) is 2. The van der Waals surface area contributed by atoms with Crippen LogP contribution in [0.15, 0.2) is 18.2 Å². The Morgan fingerprint density at radius 3 is 2.71 bits per heavy atom. The lowest BCUT2D eigenvalue weighted by atomic mass is 10.0. The van der Waals surface area contributed by atoms with Crippen molar-refractivity contribution in [1.29, 1.82) is 0 Å². The number of phenolic OH excluding ortho intramolecular Hbond substituents is 1. The fourth-order valence-electron chi connectivity index (χ4n) is 1.29. The second kappa shape index (κ2) is 5.25. The molecule has 0 aliphatic rings. The predicted molar refractivity (Wildman–Crippen MR) is 61.5 cm³/mol. The monoisotopic (exact) mass is 258 g/mol. The maximum atomic E-state index is 9.63. The van der Waals surface area contributed by atoms with E-state index in [1.165, 1.54) is 0 Å². The molecule has 0 aliphatic heterocycles. The van der Waals surface area contributed by atoms with Gasteiger partial charge in [0.05, 0.1) is 6.61 Å². The summed E-state index contributed by atoms with van der Waals surface area (Å²) in [7, 11) is 0. The summed E-state index contributed by atoms with van der Waals surface area (Å²) in [5, 5.41) is 10.4. The molecule has 0 amide bonds. The standard InChI is InChI=1S/C11H15BrO2/c1-8(2)9-4-3-5-10(13)11(9)14-7-6-12/h3-5,8,13H,6-7H2,1-2H3. The van der Waals surface area contributed by atoms with Gasteiger partial charge < -0.3 is 9.84 Å². The lowest BCUT2D eigenvalue weighted by Gasteiger charge is -2.14. The van der Waals surface area contributed by atoms with Gasteiger partial charge in [-0.3, -0.25) is 0 Å². The number of para-hydroxylation sites is 1. The first kappa shape index (κ1) is 11.4. The van der Waals surface area contributed by atoms with Crippen LogP contribution in [0.25, 0.3) is 0 Å². The molecule has 1 N–H and O–H groups in total. The van der Waals surface area contributed by atoms with Gasteiger partial charge in [0, 0.05) is 10.9 Å². The average Bonchev–Trinajstić information content (AvgIpc) is 2.15. The molecule has 0 unspecified atom stereocenters. The zero-order chi connectivity index (χ0) is 10.6. The number of alkyl halides is 1. The van der Waals surface area contributed by atoms with Crippen LogP contribution in [-0.2, 0) is 0 Å². The molecular weight excluding hydrogens is 244 g/mol. The fraction of sp³-hybridized carbons (Fsp3) is 0.455. The molecule has 0 aromatic heterocycles. The summed E-state index contributed by atoms with van der Waals surface area (Å²) in [6.45, 7) is 4.73. The smallest absolute Gasteiger partial charge is 0.164 e. The van der Waals surface area contributed by atoms with Gasteiger partial charge >= 0.3 is 0 Å². The first-order chi connectivity index (χ1) is 6.66. The van der Waals surface area contributed by atoms with Crippen molar-refractivity contribution in [3.05, 3.63) is 23.8 Å². The summed E-state index contributed by atoms with van der Waals surface area (Å²) in [6, 6.07) is 5.47. The van der Waals surface area contributed by atoms with Gasteiger partial charge in [-0.05, 0) is 12.0 Å². The van der Waals surface area contributed by atoms with Crippen LogP contribution in [0.5, 0.6) is 11.5 Å². The first-order valence-electron chi connectivity index (χ1n) is 4.67. The van der Waals surface area contributed by atoms with Gasteiger partial charge in [0.2, 0.25) is 0 Å². The Hall–Kier alpha value is -0.700. The highest BCUT2D eigenvalue weighted by molar-refractivity contribution is 9.09. The van der Waals surface area contributed by atoms with Crippen LogP contribution in [0.1, 0.15) is 25.3 Å². The molecular formula is C11H15BrO2. The third kappa shape index (κ3) is 2.64. The van der Waals surface area contributed by atoms with E-state index in [4.69, 9.17) is 4.74 Å². The molecule has 0 radical (unpaired) electrons. The van der Waals surface area contributed by atoms with Crippen molar-refractivity contribution in [2.24, 2.45) is 0 Å². The highest BCUT2D eigenvalue weighted by Crippen LogP contribution is 2.34. The summed E-state index contributed by atoms with van der Waals surface area (Å²) in [5.41, 5.74) is 1.05. The second-order valence-electron chi connectivity index (χ2n) is 3.39. The van der Waals surface area contributed by atoms with E-state index in [9.17, 15) is 5.11 Å². The van der Waals surface area contributed by atoms with Crippen LogP contribution in [0.4, 0.5) is 0 Å². The van der Waals surface area contributed by atoms with Gasteiger partial charge in [0.1, 0.15) is 0 Å². The minimum Gasteiger partial charge on any atom is -0.504 e. The lowest BCUT2D eigenvalue weighted by molar-refractivity contribution is 0.317. The van der Waals surface area contributed by atoms with E-state index in [1.54, 1.807) is 6.07 Å². The number of aromatic hydroxyl groups is 1. The maximum absolute atomic E-state index is 9.63. The zero-order valence-electron chi connectivity index (χ0n) is 8.46. The molecule has 0 fully saturated rings. The second-order valence-corrected chi connectivity index (χ2v) is 4.18. The zero-order valence-corrected chi connectivity index (χ0v) is 10.0. The van der Waals surface area contributed by atoms with Crippen molar-refractivity contribution in [2.75, 3.05) is 11.9 Å². The Labute approximate surface area is 93.0 Å². The van der Waals surface area contributed by atoms with Crippen LogP contribution >= 0.6 is 15.9 Å². The van der Waals surface area contributed by atoms with Crippen molar-refractivity contribution in [3.8, 4) is 11.5 Å². The van der Waals surface area contributed by atoms with Gasteiger partial charge in [0.25, 0.3) is 0 Å². The molecule has 0 heterocycles. The minimum absolute atomic E-state index is 0.220. The first-order valence-corrected chi connectivity index (χ1v) is 5.79. The SMILES string of the molecule is CC(C)c1cccc(O)c1OCCBr. The average molecular weight is 259 g/mol. The van der Waals surface area contributed by atoms with Gasteiger partial charge in [-0.15, -0.1) is 0 Å². The number of hydrogen-bond donors (Lipinski definition) is 1. The largest absolute Gasteiger partial charge is 0.504 e. The van der Waals surface area contributed by atoms with Gasteiger partial charge in [-0.1, -0.05) is 41.9 Å². The van der Waals surface area contributed by atoms with Crippen LogP contribution in [-0.4, -0.2) is 17.0 Å². The molecule has 0 atom stereocenters. The van der Waals surface area contributed by atoms with Crippen molar-refractivity contribution < 1.29 is 9.84 Å². The predicted octanol–water partition coefficient (Wildman–Crippen LogP) is 3.29. The van der Waals surface area contributed by atoms with E-state index in [0.717, 1.165) is 10.9 Å². The molecule has 0 aliphatic carbocycles. The number of benzene rings is 1. The fourth-order valence-corrected chi connectivity index (χ4v) is 1.46. The molecule has 1 aromatic rings. The number of ether oxygens (including phenoxy) is 1. The van der Waals surface area contributed by atoms with Crippen LogP contribution < -0.4 is 4.74 Å². The van der Waals surface area contributed by atoms with Crippen molar-refractivity contribution in [3.63, 3.8) is 0 Å². The molecule has 0 bridgehead atoms. The third-order valence-corrected chi connectivity index (χ3v) is 2.29. The molecule has 78 valence electrons. The van der Waals surface area contributed by atoms with Crippen molar-refractivity contribution in [2.45, 2.75) is 19.8 Å². The quantitative estimate of drug-likeness (QED) is 0.841. The molecule has 14 heavy (non-hydrogen) atoms. The topological polar surface area (TPSA) is 29.5 Å². The van der Waals surface area contributed by atoms with E-state index in [1.807, 2.05) is 12.1 Å². The van der Waals surface area contributed by atoms with Crippen molar-refractivity contribution in [1.82, 2.24) is 0 Å². The molecule has 1 aromatic carbocycles. The number of halogens is 1. The van der Waals surface area contributed by atoms with E-state index >= 15 is 0 Å². The Balaban J connectivity index is 2.96. The molecule has 1 rings (SSSR count). The Bertz CT molecular complexity index is 297. The Morgan fingerprint density at radius 2 is 2.14 bits per heavy atom. The minimum atomic E-state index is 0.220. The number of rotatable bonds is 4. The van der Waals surface area contributed by atoms with Crippen LogP contribution in [0, 0.1) is 0 Å². The Morgan fingerprint density at radius 1 is 1.43 bits per heavy atom. The van der Waals surface area contributed by atoms with E-state index in [2.05, 4.69) is 29.8 Å². The highest BCUT2D eigenvalue weighted by atomic mass is 79.9. The summed E-state index contributed by atoms with van der Waals surface area (Å²) >= 11 is 3.29. The van der Waals surface area contributed by atoms with E-state index in [0.29, 0.717) is 18.3 Å². The van der Waals surface area contributed by atoms with Gasteiger partial charge in [0.15, 0.2) is 11.5 Å². The molecule has 0 saturated carbocycles. The highest BCUT2D eigenvalue weighted by Gasteiger charge is 2.11. The van der Waals surface area contributed by atoms with Crippen LogP contribution in [0.2, 0.25) is 0 Å². The van der Waals surface area contributed by atoms with Crippen LogP contribution in [0.3, 0.4) is 0 Å². The maximum Gasteiger partial charge on any atom is 0.164 e. The normalized spacial score (nSPS) is 10.6. The summed E-state index contributed by atoms with van der Waals surface area (Å²) < 4.78 is 5.48. The van der Waals surface area contributed by atoms with E-state index < -0.39 is 0 Å². The summed E-state index contributed by atoms with van der Waals surface area (Å²) in [5.74, 6) is 1.19. The molecule has 0 spiro atoms. The lowest BCUT2D eigenvalue weighted by Crippen LogP contribution is -2.02. The van der Waals surface area contributed by atoms with Crippen molar-refractivity contribution >= 4 is 15.9 Å². The summed E-state index contributed by atoms with van der Waals surface area (Å²) in [4.78, 5) is 0. The van der Waals surface area contributed by atoms with Gasteiger partial charge in [-0.25, -0.2) is 0 Å². The summed E-state index contributed by atoms with van der Waals surface area (Å²) in [6.07, 6.45) is 0. The Kier molecular flexibility index (Phi) is 4.26. The third-order valence-electron chi connectivity index (χ3n) is 1.97. The molecule has 0 saturated heterocycles. The molecule has 2 nitrogen and oxygen atoms in total. The number of phenols is 1.